The first kappa shape index (κ1) is 16.1. The molecule has 0 saturated carbocycles. The van der Waals surface area contributed by atoms with Gasteiger partial charge in [-0.15, -0.1) is 0 Å². The van der Waals surface area contributed by atoms with E-state index >= 15 is 0 Å². The van der Waals surface area contributed by atoms with Crippen molar-refractivity contribution in [1.82, 2.24) is 10.2 Å². The molecule has 0 aliphatic carbocycles. The molecule has 0 aromatic heterocycles. The second kappa shape index (κ2) is 6.03. The maximum Gasteiger partial charge on any atom is 0.257 e. The Morgan fingerprint density at radius 3 is 2.45 bits per heavy atom. The van der Waals surface area contributed by atoms with E-state index in [4.69, 9.17) is 0 Å². The first-order valence-electron chi connectivity index (χ1n) is 6.43. The van der Waals surface area contributed by atoms with E-state index in [0.29, 0.717) is 5.56 Å². The van der Waals surface area contributed by atoms with Crippen molar-refractivity contribution in [2.45, 2.75) is 33.2 Å². The first-order valence-corrected chi connectivity index (χ1v) is 6.43. The van der Waals surface area contributed by atoms with Crippen molar-refractivity contribution in [2.75, 3.05) is 13.6 Å². The van der Waals surface area contributed by atoms with Crippen molar-refractivity contribution in [3.05, 3.63) is 35.1 Å². The number of amides is 2. The molecule has 1 aromatic carbocycles. The Balaban J connectivity index is 2.77. The topological polar surface area (TPSA) is 49.4 Å². The third kappa shape index (κ3) is 4.33. The summed E-state index contributed by atoms with van der Waals surface area (Å²) in [7, 11) is 1.48. The lowest BCUT2D eigenvalue weighted by Crippen LogP contribution is -2.46. The Bertz CT molecular complexity index is 521. The number of hydrogen-bond acceptors (Lipinski definition) is 2. The van der Waals surface area contributed by atoms with Crippen LogP contribution in [0.15, 0.2) is 18.2 Å². The van der Waals surface area contributed by atoms with Crippen molar-refractivity contribution in [2.24, 2.45) is 0 Å². The molecule has 20 heavy (non-hydrogen) atoms. The summed E-state index contributed by atoms with van der Waals surface area (Å²) in [5, 5.41) is 2.76. The molecular weight excluding hydrogens is 259 g/mol. The average molecular weight is 280 g/mol. The number of aryl methyl sites for hydroxylation is 1. The molecule has 0 heterocycles. The van der Waals surface area contributed by atoms with Gasteiger partial charge in [0, 0.05) is 12.6 Å². The van der Waals surface area contributed by atoms with Crippen LogP contribution in [-0.2, 0) is 4.79 Å². The number of benzene rings is 1. The standard InChI is InChI=1S/C15H21FN2O2/c1-10-7-6-8-11(13(10)16)14(20)18(5)9-12(19)17-15(2,3)4/h6-8H,9H2,1-5H3,(H,17,19). The van der Waals surface area contributed by atoms with Gasteiger partial charge in [-0.1, -0.05) is 12.1 Å². The summed E-state index contributed by atoms with van der Waals surface area (Å²) in [4.78, 5) is 25.1. The number of carbonyl (C=O) groups is 2. The number of hydrogen-bond donors (Lipinski definition) is 1. The zero-order chi connectivity index (χ0) is 15.5. The molecule has 0 radical (unpaired) electrons. The quantitative estimate of drug-likeness (QED) is 0.922. The van der Waals surface area contributed by atoms with Gasteiger partial charge < -0.3 is 10.2 Å². The molecule has 0 unspecified atom stereocenters. The van der Waals surface area contributed by atoms with E-state index in [0.717, 1.165) is 0 Å². The molecule has 1 aromatic rings. The molecule has 2 amide bonds. The zero-order valence-corrected chi connectivity index (χ0v) is 12.6. The molecule has 5 heteroatoms. The largest absolute Gasteiger partial charge is 0.350 e. The van der Waals surface area contributed by atoms with Crippen molar-refractivity contribution in [3.63, 3.8) is 0 Å². The Labute approximate surface area is 119 Å². The third-order valence-electron chi connectivity index (χ3n) is 2.66. The number of nitrogens with zero attached hydrogens (tertiary/aromatic N) is 1. The van der Waals surface area contributed by atoms with Crippen LogP contribution in [0.2, 0.25) is 0 Å². The lowest BCUT2D eigenvalue weighted by molar-refractivity contribution is -0.122. The summed E-state index contributed by atoms with van der Waals surface area (Å²) in [6.07, 6.45) is 0. The second-order valence-electron chi connectivity index (χ2n) is 5.90. The van der Waals surface area contributed by atoms with Gasteiger partial charge in [-0.3, -0.25) is 9.59 Å². The highest BCUT2D eigenvalue weighted by molar-refractivity contribution is 5.96. The van der Waals surface area contributed by atoms with Gasteiger partial charge in [0.05, 0.1) is 12.1 Å². The van der Waals surface area contributed by atoms with E-state index in [2.05, 4.69) is 5.32 Å². The van der Waals surface area contributed by atoms with Crippen LogP contribution >= 0.6 is 0 Å². The van der Waals surface area contributed by atoms with Gasteiger partial charge in [0.1, 0.15) is 5.82 Å². The number of carbonyl (C=O) groups excluding carboxylic acids is 2. The molecular formula is C15H21FN2O2. The van der Waals surface area contributed by atoms with Crippen LogP contribution in [0.1, 0.15) is 36.7 Å². The Hall–Kier alpha value is -1.91. The van der Waals surface area contributed by atoms with Gasteiger partial charge in [-0.05, 0) is 39.3 Å². The molecule has 0 saturated heterocycles. The van der Waals surface area contributed by atoms with Crippen LogP contribution in [0.3, 0.4) is 0 Å². The van der Waals surface area contributed by atoms with E-state index in [1.807, 2.05) is 20.8 Å². The fourth-order valence-corrected chi connectivity index (χ4v) is 1.76. The van der Waals surface area contributed by atoms with Crippen LogP contribution in [-0.4, -0.2) is 35.8 Å². The molecule has 0 aliphatic heterocycles. The van der Waals surface area contributed by atoms with Gasteiger partial charge in [0.2, 0.25) is 5.91 Å². The minimum absolute atomic E-state index is 0.0175. The van der Waals surface area contributed by atoms with Crippen molar-refractivity contribution >= 4 is 11.8 Å². The zero-order valence-electron chi connectivity index (χ0n) is 12.6. The summed E-state index contributed by atoms with van der Waals surface area (Å²) in [6.45, 7) is 7.05. The summed E-state index contributed by atoms with van der Waals surface area (Å²) in [5.41, 5.74) is 0.0229. The molecule has 110 valence electrons. The molecule has 0 aliphatic rings. The normalized spacial score (nSPS) is 11.1. The Kier molecular flexibility index (Phi) is 4.87. The molecule has 0 spiro atoms. The summed E-state index contributed by atoms with van der Waals surface area (Å²) < 4.78 is 13.9. The average Bonchev–Trinajstić information content (AvgIpc) is 2.29. The monoisotopic (exact) mass is 280 g/mol. The minimum Gasteiger partial charge on any atom is -0.350 e. The summed E-state index contributed by atoms with van der Waals surface area (Å²) in [5.74, 6) is -1.32. The number of likely N-dealkylation sites (N-methyl/N-ethyl adjacent to an activating group) is 1. The Morgan fingerprint density at radius 2 is 1.90 bits per heavy atom. The number of nitrogens with one attached hydrogen (secondary N) is 1. The molecule has 1 rings (SSSR count). The first-order chi connectivity index (χ1) is 9.11. The van der Waals surface area contributed by atoms with Crippen LogP contribution in [0, 0.1) is 12.7 Å². The lowest BCUT2D eigenvalue weighted by atomic mass is 10.1. The molecule has 1 N–H and O–H groups in total. The van der Waals surface area contributed by atoms with Gasteiger partial charge in [0.25, 0.3) is 5.91 Å². The van der Waals surface area contributed by atoms with Gasteiger partial charge in [-0.25, -0.2) is 4.39 Å². The highest BCUT2D eigenvalue weighted by Crippen LogP contribution is 2.13. The fraction of sp³-hybridized carbons (Fsp3) is 0.467. The second-order valence-corrected chi connectivity index (χ2v) is 5.90. The Morgan fingerprint density at radius 1 is 1.30 bits per heavy atom. The van der Waals surface area contributed by atoms with Gasteiger partial charge in [0.15, 0.2) is 0 Å². The molecule has 0 fully saturated rings. The van der Waals surface area contributed by atoms with Crippen LogP contribution < -0.4 is 5.32 Å². The third-order valence-corrected chi connectivity index (χ3v) is 2.66. The van der Waals surface area contributed by atoms with Gasteiger partial charge >= 0.3 is 0 Å². The highest BCUT2D eigenvalue weighted by atomic mass is 19.1. The smallest absolute Gasteiger partial charge is 0.257 e. The van der Waals surface area contributed by atoms with E-state index in [1.165, 1.54) is 18.0 Å². The molecule has 0 atom stereocenters. The van der Waals surface area contributed by atoms with Crippen molar-refractivity contribution < 1.29 is 14.0 Å². The highest BCUT2D eigenvalue weighted by Gasteiger charge is 2.21. The summed E-state index contributed by atoms with van der Waals surface area (Å²) >= 11 is 0. The number of halogens is 1. The summed E-state index contributed by atoms with van der Waals surface area (Å²) in [6, 6.07) is 4.63. The van der Waals surface area contributed by atoms with E-state index < -0.39 is 11.7 Å². The predicted molar refractivity (Wildman–Crippen MR) is 76.0 cm³/mol. The van der Waals surface area contributed by atoms with E-state index in [1.54, 1.807) is 19.1 Å². The minimum atomic E-state index is -0.541. The van der Waals surface area contributed by atoms with Crippen LogP contribution in [0.5, 0.6) is 0 Å². The van der Waals surface area contributed by atoms with Gasteiger partial charge in [-0.2, -0.15) is 0 Å². The maximum atomic E-state index is 13.9. The van der Waals surface area contributed by atoms with Crippen molar-refractivity contribution in [1.29, 1.82) is 0 Å². The van der Waals surface area contributed by atoms with E-state index in [9.17, 15) is 14.0 Å². The SMILES string of the molecule is Cc1cccc(C(=O)N(C)CC(=O)NC(C)(C)C)c1F. The number of rotatable bonds is 3. The van der Waals surface area contributed by atoms with Crippen molar-refractivity contribution in [3.8, 4) is 0 Å². The lowest BCUT2D eigenvalue weighted by Gasteiger charge is -2.23. The predicted octanol–water partition coefficient (Wildman–Crippen LogP) is 2.12. The van der Waals surface area contributed by atoms with Crippen LogP contribution in [0.4, 0.5) is 4.39 Å². The van der Waals surface area contributed by atoms with Crippen LogP contribution in [0.25, 0.3) is 0 Å². The van der Waals surface area contributed by atoms with E-state index in [-0.39, 0.29) is 23.6 Å². The maximum absolute atomic E-state index is 13.9. The fourth-order valence-electron chi connectivity index (χ4n) is 1.76. The molecule has 0 bridgehead atoms. The molecule has 4 nitrogen and oxygen atoms in total.